The molecule has 1 unspecified atom stereocenters. The predicted octanol–water partition coefficient (Wildman–Crippen LogP) is 4.19. The van der Waals surface area contributed by atoms with E-state index in [1.807, 2.05) is 13.8 Å². The molecule has 0 aliphatic heterocycles. The van der Waals surface area contributed by atoms with Gasteiger partial charge in [0.2, 0.25) is 0 Å². The van der Waals surface area contributed by atoms with Crippen LogP contribution in [0.3, 0.4) is 0 Å². The average Bonchev–Trinajstić information content (AvgIpc) is 2.63. The molecule has 0 bridgehead atoms. The standard InChI is InChI=1S/C16H20F6O6S2/c1-3-11(2)13-8-6-12(7-9-13)5-4-10-28-30(26,27)16(21,22)14(17,18)15(19,20)29(23,24)25/h6-9,11H,3-5,10H2,1-2H3,(H,23,24,25). The number of alkyl halides is 6. The van der Waals surface area contributed by atoms with Crippen LogP contribution in [0, 0.1) is 0 Å². The Hall–Kier alpha value is -1.38. The van der Waals surface area contributed by atoms with E-state index < -0.39 is 43.3 Å². The first-order chi connectivity index (χ1) is 13.4. The van der Waals surface area contributed by atoms with Crippen LogP contribution in [0.25, 0.3) is 0 Å². The molecule has 30 heavy (non-hydrogen) atoms. The van der Waals surface area contributed by atoms with Gasteiger partial charge in [0.15, 0.2) is 0 Å². The lowest BCUT2D eigenvalue weighted by Gasteiger charge is -2.29. The fourth-order valence-electron chi connectivity index (χ4n) is 2.26. The van der Waals surface area contributed by atoms with Crippen molar-refractivity contribution < 1.29 is 51.9 Å². The highest BCUT2D eigenvalue weighted by Crippen LogP contribution is 2.50. The van der Waals surface area contributed by atoms with Crippen molar-refractivity contribution in [1.29, 1.82) is 0 Å². The lowest BCUT2D eigenvalue weighted by molar-refractivity contribution is -0.248. The zero-order valence-corrected chi connectivity index (χ0v) is 17.4. The smallest absolute Gasteiger partial charge is 0.281 e. The second-order valence-electron chi connectivity index (χ2n) is 6.51. The molecule has 1 N–H and O–H groups in total. The van der Waals surface area contributed by atoms with Crippen molar-refractivity contribution in [3.05, 3.63) is 35.4 Å². The Morgan fingerprint density at radius 3 is 1.90 bits per heavy atom. The summed E-state index contributed by atoms with van der Waals surface area (Å²) < 4.78 is 135. The van der Waals surface area contributed by atoms with E-state index in [1.54, 1.807) is 24.3 Å². The molecule has 0 aromatic heterocycles. The Morgan fingerprint density at radius 2 is 1.47 bits per heavy atom. The summed E-state index contributed by atoms with van der Waals surface area (Å²) in [5.74, 6) is -6.71. The molecule has 1 atom stereocenters. The molecule has 1 aromatic rings. The normalized spacial score (nSPS) is 15.2. The molecule has 14 heteroatoms. The Bertz CT molecular complexity index is 929. The zero-order chi connectivity index (χ0) is 23.6. The summed E-state index contributed by atoms with van der Waals surface area (Å²) in [6, 6.07) is 6.97. The van der Waals surface area contributed by atoms with Gasteiger partial charge in [-0.3, -0.25) is 8.74 Å². The topological polar surface area (TPSA) is 97.7 Å². The van der Waals surface area contributed by atoms with Gasteiger partial charge in [0.05, 0.1) is 6.61 Å². The number of halogens is 6. The molecule has 0 heterocycles. The van der Waals surface area contributed by atoms with E-state index in [0.717, 1.165) is 12.0 Å². The van der Waals surface area contributed by atoms with Crippen molar-refractivity contribution in [2.45, 2.75) is 55.5 Å². The van der Waals surface area contributed by atoms with Crippen LogP contribution < -0.4 is 0 Å². The van der Waals surface area contributed by atoms with Gasteiger partial charge in [0.1, 0.15) is 0 Å². The number of aryl methyl sites for hydroxylation is 1. The maximum Gasteiger partial charge on any atom is 0.439 e. The van der Waals surface area contributed by atoms with E-state index in [-0.39, 0.29) is 18.8 Å². The molecule has 174 valence electrons. The second kappa shape index (κ2) is 9.01. The fraction of sp³-hybridized carbons (Fsp3) is 0.625. The molecule has 1 rings (SSSR count). The number of hydrogen-bond acceptors (Lipinski definition) is 5. The number of rotatable bonds is 11. The van der Waals surface area contributed by atoms with Crippen molar-refractivity contribution in [1.82, 2.24) is 0 Å². The van der Waals surface area contributed by atoms with Gasteiger partial charge in [-0.2, -0.15) is 43.2 Å². The van der Waals surface area contributed by atoms with Crippen LogP contribution in [-0.4, -0.2) is 44.4 Å². The van der Waals surface area contributed by atoms with E-state index in [0.29, 0.717) is 5.56 Å². The molecule has 0 aliphatic carbocycles. The molecule has 0 saturated carbocycles. The van der Waals surface area contributed by atoms with Gasteiger partial charge in [0.25, 0.3) is 0 Å². The highest BCUT2D eigenvalue weighted by Gasteiger charge is 2.82. The van der Waals surface area contributed by atoms with Crippen molar-refractivity contribution in [3.8, 4) is 0 Å². The van der Waals surface area contributed by atoms with Crippen LogP contribution in [-0.2, 0) is 30.8 Å². The van der Waals surface area contributed by atoms with Crippen LogP contribution in [0.1, 0.15) is 43.7 Å². The number of hydrogen-bond donors (Lipinski definition) is 1. The minimum absolute atomic E-state index is 0.0967. The third-order valence-corrected chi connectivity index (χ3v) is 6.64. The monoisotopic (exact) mass is 486 g/mol. The first kappa shape index (κ1) is 26.7. The van der Waals surface area contributed by atoms with Crippen LogP contribution in [0.4, 0.5) is 26.3 Å². The molecule has 0 fully saturated rings. The van der Waals surface area contributed by atoms with Gasteiger partial charge < -0.3 is 0 Å². The van der Waals surface area contributed by atoms with Gasteiger partial charge in [-0.15, -0.1) is 0 Å². The van der Waals surface area contributed by atoms with Gasteiger partial charge in [-0.1, -0.05) is 38.1 Å². The molecule has 0 amide bonds. The first-order valence-corrected chi connectivity index (χ1v) is 11.4. The Labute approximate surface area is 170 Å². The molecule has 6 nitrogen and oxygen atoms in total. The molecule has 0 aliphatic rings. The molecule has 1 aromatic carbocycles. The Kier molecular flexibility index (Phi) is 8.00. The largest absolute Gasteiger partial charge is 0.439 e. The van der Waals surface area contributed by atoms with Gasteiger partial charge in [-0.25, -0.2) is 0 Å². The number of benzene rings is 1. The second-order valence-corrected chi connectivity index (χ2v) is 9.63. The minimum atomic E-state index is -7.06. The van der Waals surface area contributed by atoms with E-state index >= 15 is 0 Å². The summed E-state index contributed by atoms with van der Waals surface area (Å²) in [4.78, 5) is 0. The zero-order valence-electron chi connectivity index (χ0n) is 15.8. The molecular formula is C16H20F6O6S2. The average molecular weight is 486 g/mol. The summed E-state index contributed by atoms with van der Waals surface area (Å²) in [7, 11) is -13.7. The summed E-state index contributed by atoms with van der Waals surface area (Å²) in [5.41, 5.74) is 1.68. The summed E-state index contributed by atoms with van der Waals surface area (Å²) in [5, 5.41) is -13.4. The molecule has 0 spiro atoms. The first-order valence-electron chi connectivity index (χ1n) is 8.50. The van der Waals surface area contributed by atoms with E-state index in [2.05, 4.69) is 4.18 Å². The van der Waals surface area contributed by atoms with E-state index in [9.17, 15) is 43.2 Å². The molecule has 0 radical (unpaired) electrons. The van der Waals surface area contributed by atoms with Crippen molar-refractivity contribution in [3.63, 3.8) is 0 Å². The van der Waals surface area contributed by atoms with Crippen LogP contribution >= 0.6 is 0 Å². The Balaban J connectivity index is 2.83. The summed E-state index contributed by atoms with van der Waals surface area (Å²) in [6.07, 6.45) is 0.734. The minimum Gasteiger partial charge on any atom is -0.281 e. The van der Waals surface area contributed by atoms with Crippen molar-refractivity contribution in [2.75, 3.05) is 6.61 Å². The summed E-state index contributed by atoms with van der Waals surface area (Å²) in [6.45, 7) is 2.93. The van der Waals surface area contributed by atoms with Crippen molar-refractivity contribution >= 4 is 20.2 Å². The predicted molar refractivity (Wildman–Crippen MR) is 94.7 cm³/mol. The van der Waals surface area contributed by atoms with Gasteiger partial charge >= 0.3 is 36.7 Å². The van der Waals surface area contributed by atoms with E-state index in [1.165, 1.54) is 0 Å². The summed E-state index contributed by atoms with van der Waals surface area (Å²) >= 11 is 0. The van der Waals surface area contributed by atoms with Gasteiger partial charge in [0, 0.05) is 0 Å². The highest BCUT2D eigenvalue weighted by atomic mass is 32.2. The van der Waals surface area contributed by atoms with Crippen LogP contribution in [0.2, 0.25) is 0 Å². The van der Waals surface area contributed by atoms with Crippen LogP contribution in [0.5, 0.6) is 0 Å². The van der Waals surface area contributed by atoms with Crippen LogP contribution in [0.15, 0.2) is 24.3 Å². The lowest BCUT2D eigenvalue weighted by atomic mass is 9.97. The third kappa shape index (κ3) is 5.08. The van der Waals surface area contributed by atoms with Crippen molar-refractivity contribution in [2.24, 2.45) is 0 Å². The third-order valence-electron chi connectivity index (χ3n) is 4.38. The fourth-order valence-corrected chi connectivity index (χ4v) is 3.70. The van der Waals surface area contributed by atoms with E-state index in [4.69, 9.17) is 4.55 Å². The molecule has 0 saturated heterocycles. The molecular weight excluding hydrogens is 466 g/mol. The lowest BCUT2D eigenvalue weighted by Crippen LogP contribution is -2.60. The maximum atomic E-state index is 13.6. The maximum absolute atomic E-state index is 13.6. The Morgan fingerprint density at radius 1 is 0.967 bits per heavy atom. The quantitative estimate of drug-likeness (QED) is 0.218. The highest BCUT2D eigenvalue weighted by molar-refractivity contribution is 7.88. The SMILES string of the molecule is CCC(C)c1ccc(CCCOS(=O)(=O)C(F)(F)C(F)(F)C(F)(F)S(=O)(=O)O)cc1. The van der Waals surface area contributed by atoms with Gasteiger partial charge in [-0.05, 0) is 36.3 Å².